The molecule has 3 nitrogen and oxygen atoms in total. The number of nitrogens with one attached hydrogen (secondary N) is 1. The van der Waals surface area contributed by atoms with Crippen molar-refractivity contribution in [1.29, 1.82) is 0 Å². The summed E-state index contributed by atoms with van der Waals surface area (Å²) in [5.74, 6) is -0.721. The molecule has 1 aromatic heterocycles. The van der Waals surface area contributed by atoms with Gasteiger partial charge in [0.25, 0.3) is 0 Å². The minimum absolute atomic E-state index is 0.0786. The van der Waals surface area contributed by atoms with Crippen molar-refractivity contribution in [3.8, 4) is 0 Å². The van der Waals surface area contributed by atoms with Crippen LogP contribution in [0.3, 0.4) is 0 Å². The monoisotopic (exact) mass is 213 g/mol. The molecule has 14 heavy (non-hydrogen) atoms. The number of thiophene rings is 1. The highest BCUT2D eigenvalue weighted by molar-refractivity contribution is 7.14. The van der Waals surface area contributed by atoms with Gasteiger partial charge < -0.3 is 10.4 Å². The third-order valence-corrected chi connectivity index (χ3v) is 2.94. The highest BCUT2D eigenvalue weighted by Crippen LogP contribution is 2.21. The summed E-state index contributed by atoms with van der Waals surface area (Å²) in [6.45, 7) is 5.78. The average molecular weight is 213 g/mol. The highest BCUT2D eigenvalue weighted by atomic mass is 32.1. The zero-order valence-electron chi connectivity index (χ0n) is 8.57. The van der Waals surface area contributed by atoms with E-state index in [1.165, 1.54) is 11.3 Å². The fourth-order valence-corrected chi connectivity index (χ4v) is 2.00. The second kappa shape index (κ2) is 4.46. The van der Waals surface area contributed by atoms with Gasteiger partial charge in [0.05, 0.1) is 5.00 Å². The zero-order valence-corrected chi connectivity index (χ0v) is 9.39. The first kappa shape index (κ1) is 11.0. The molecule has 1 aromatic rings. The van der Waals surface area contributed by atoms with E-state index < -0.39 is 12.0 Å². The summed E-state index contributed by atoms with van der Waals surface area (Å²) < 4.78 is 0. The van der Waals surface area contributed by atoms with Gasteiger partial charge >= 0.3 is 5.97 Å². The average Bonchev–Trinajstić information content (AvgIpc) is 2.46. The first-order valence-corrected chi connectivity index (χ1v) is 5.43. The molecule has 0 bridgehead atoms. The molecule has 1 heterocycles. The molecule has 0 spiro atoms. The van der Waals surface area contributed by atoms with E-state index in [1.807, 2.05) is 32.2 Å². The van der Waals surface area contributed by atoms with Crippen LogP contribution < -0.4 is 5.32 Å². The Hall–Kier alpha value is -1.03. The van der Waals surface area contributed by atoms with Crippen LogP contribution in [0.4, 0.5) is 5.00 Å². The van der Waals surface area contributed by atoms with Crippen LogP contribution in [0.5, 0.6) is 0 Å². The van der Waals surface area contributed by atoms with Gasteiger partial charge in [-0.05, 0) is 29.9 Å². The topological polar surface area (TPSA) is 49.3 Å². The van der Waals surface area contributed by atoms with Gasteiger partial charge in [-0.3, -0.25) is 0 Å². The summed E-state index contributed by atoms with van der Waals surface area (Å²) in [5.41, 5.74) is 1.16. The van der Waals surface area contributed by atoms with E-state index in [1.54, 1.807) is 0 Å². The molecule has 0 radical (unpaired) electrons. The molecule has 4 heteroatoms. The Morgan fingerprint density at radius 3 is 2.57 bits per heavy atom. The normalized spacial score (nSPS) is 12.9. The Labute approximate surface area is 87.8 Å². The Morgan fingerprint density at radius 1 is 1.57 bits per heavy atom. The van der Waals surface area contributed by atoms with Crippen molar-refractivity contribution >= 4 is 22.3 Å². The lowest BCUT2D eigenvalue weighted by molar-refractivity contribution is -0.138. The van der Waals surface area contributed by atoms with Gasteiger partial charge in [0.15, 0.2) is 0 Å². The van der Waals surface area contributed by atoms with Crippen molar-refractivity contribution in [2.45, 2.75) is 26.8 Å². The summed E-state index contributed by atoms with van der Waals surface area (Å²) in [5, 5.41) is 14.9. The lowest BCUT2D eigenvalue weighted by atomic mass is 10.1. The number of carboxylic acid groups (broad SMARTS) is 1. The lowest BCUT2D eigenvalue weighted by Crippen LogP contribution is -2.33. The van der Waals surface area contributed by atoms with Gasteiger partial charge in [-0.1, -0.05) is 13.8 Å². The largest absolute Gasteiger partial charge is 0.480 e. The molecule has 78 valence electrons. The summed E-state index contributed by atoms with van der Waals surface area (Å²) in [6.07, 6.45) is 0. The number of aryl methyl sites for hydroxylation is 1. The molecule has 1 atom stereocenters. The van der Waals surface area contributed by atoms with Crippen molar-refractivity contribution in [2.24, 2.45) is 5.92 Å². The molecule has 0 saturated carbocycles. The maximum atomic E-state index is 10.9. The molecule has 0 aliphatic carbocycles. The quantitative estimate of drug-likeness (QED) is 0.808. The maximum absolute atomic E-state index is 10.9. The molecule has 0 aliphatic heterocycles. The molecule has 0 aliphatic rings. The molecular weight excluding hydrogens is 198 g/mol. The van der Waals surface area contributed by atoms with Crippen molar-refractivity contribution in [2.75, 3.05) is 5.32 Å². The third-order valence-electron chi connectivity index (χ3n) is 1.96. The van der Waals surface area contributed by atoms with Crippen LogP contribution in [-0.4, -0.2) is 17.1 Å². The molecule has 1 rings (SSSR count). The summed E-state index contributed by atoms with van der Waals surface area (Å²) in [6, 6.07) is 1.45. The Kier molecular flexibility index (Phi) is 3.52. The number of hydrogen-bond acceptors (Lipinski definition) is 3. The van der Waals surface area contributed by atoms with Gasteiger partial charge in [-0.2, -0.15) is 0 Å². The molecular formula is C10H15NO2S. The summed E-state index contributed by atoms with van der Waals surface area (Å²) in [7, 11) is 0. The molecule has 1 unspecified atom stereocenters. The van der Waals surface area contributed by atoms with Crippen LogP contribution in [-0.2, 0) is 4.79 Å². The first-order chi connectivity index (χ1) is 6.50. The van der Waals surface area contributed by atoms with E-state index in [9.17, 15) is 4.79 Å². The maximum Gasteiger partial charge on any atom is 0.326 e. The lowest BCUT2D eigenvalue weighted by Gasteiger charge is -2.17. The zero-order chi connectivity index (χ0) is 10.7. The van der Waals surface area contributed by atoms with Crippen molar-refractivity contribution < 1.29 is 9.90 Å². The molecule has 0 aromatic carbocycles. The summed E-state index contributed by atoms with van der Waals surface area (Å²) in [4.78, 5) is 10.9. The van der Waals surface area contributed by atoms with Crippen molar-refractivity contribution in [1.82, 2.24) is 0 Å². The van der Waals surface area contributed by atoms with E-state index in [0.717, 1.165) is 10.6 Å². The van der Waals surface area contributed by atoms with Gasteiger partial charge in [-0.15, -0.1) is 11.3 Å². The molecule has 0 fully saturated rings. The van der Waals surface area contributed by atoms with Crippen molar-refractivity contribution in [3.63, 3.8) is 0 Å². The van der Waals surface area contributed by atoms with Gasteiger partial charge in [0, 0.05) is 0 Å². The standard InChI is InChI=1S/C10H15NO2S/c1-6(2)9(10(12)13)11-8-4-7(3)5-14-8/h4-6,9,11H,1-3H3,(H,12,13). The predicted octanol–water partition coefficient (Wildman–Crippen LogP) is 2.58. The second-order valence-corrected chi connectivity index (χ2v) is 4.60. The van der Waals surface area contributed by atoms with Gasteiger partial charge in [-0.25, -0.2) is 4.79 Å². The SMILES string of the molecule is Cc1csc(NC(C(=O)O)C(C)C)c1. The fraction of sp³-hybridized carbons (Fsp3) is 0.500. The van der Waals surface area contributed by atoms with Crippen LogP contribution in [0, 0.1) is 12.8 Å². The predicted molar refractivity (Wildman–Crippen MR) is 58.9 cm³/mol. The Balaban J connectivity index is 2.69. The number of rotatable bonds is 4. The second-order valence-electron chi connectivity index (χ2n) is 3.69. The van der Waals surface area contributed by atoms with Gasteiger partial charge in [0.1, 0.15) is 6.04 Å². The first-order valence-electron chi connectivity index (χ1n) is 4.55. The van der Waals surface area contributed by atoms with Gasteiger partial charge in [0.2, 0.25) is 0 Å². The van der Waals surface area contributed by atoms with Crippen LogP contribution >= 0.6 is 11.3 Å². The van der Waals surface area contributed by atoms with Crippen molar-refractivity contribution in [3.05, 3.63) is 17.0 Å². The molecule has 2 N–H and O–H groups in total. The van der Waals surface area contributed by atoms with E-state index in [2.05, 4.69) is 5.32 Å². The minimum atomic E-state index is -0.800. The van der Waals surface area contributed by atoms with Crippen LogP contribution in [0.25, 0.3) is 0 Å². The number of carbonyl (C=O) groups is 1. The van der Waals surface area contributed by atoms with E-state index in [0.29, 0.717) is 0 Å². The molecule has 0 amide bonds. The van der Waals surface area contributed by atoms with E-state index in [-0.39, 0.29) is 5.92 Å². The Morgan fingerprint density at radius 2 is 2.21 bits per heavy atom. The summed E-state index contributed by atoms with van der Waals surface area (Å²) >= 11 is 1.54. The van der Waals surface area contributed by atoms with Crippen LogP contribution in [0.15, 0.2) is 11.4 Å². The number of anilines is 1. The van der Waals surface area contributed by atoms with Crippen LogP contribution in [0.1, 0.15) is 19.4 Å². The number of hydrogen-bond donors (Lipinski definition) is 2. The third kappa shape index (κ3) is 2.73. The highest BCUT2D eigenvalue weighted by Gasteiger charge is 2.21. The molecule has 0 saturated heterocycles. The van der Waals surface area contributed by atoms with E-state index >= 15 is 0 Å². The van der Waals surface area contributed by atoms with Crippen LogP contribution in [0.2, 0.25) is 0 Å². The minimum Gasteiger partial charge on any atom is -0.480 e. The fourth-order valence-electron chi connectivity index (χ4n) is 1.17. The smallest absolute Gasteiger partial charge is 0.326 e. The number of carboxylic acids is 1. The number of aliphatic carboxylic acids is 1. The van der Waals surface area contributed by atoms with E-state index in [4.69, 9.17) is 5.11 Å². The Bertz CT molecular complexity index is 320.